The van der Waals surface area contributed by atoms with Crippen LogP contribution in [0.5, 0.6) is 11.5 Å². The first-order valence-corrected chi connectivity index (χ1v) is 6.63. The van der Waals surface area contributed by atoms with Gasteiger partial charge >= 0.3 is 0 Å². The van der Waals surface area contributed by atoms with Crippen LogP contribution in [0.1, 0.15) is 26.2 Å². The van der Waals surface area contributed by atoms with Crippen molar-refractivity contribution in [2.45, 2.75) is 31.9 Å². The highest BCUT2D eigenvalue weighted by Gasteiger charge is 2.48. The first-order chi connectivity index (χ1) is 8.62. The Bertz CT molecular complexity index is 380. The lowest BCUT2D eigenvalue weighted by Crippen LogP contribution is -2.51. The maximum Gasteiger partial charge on any atom is 0.165 e. The van der Waals surface area contributed by atoms with Gasteiger partial charge in [-0.25, -0.2) is 0 Å². The molecule has 0 spiro atoms. The molecule has 0 heterocycles. The van der Waals surface area contributed by atoms with Crippen LogP contribution in [-0.2, 0) is 0 Å². The second-order valence-electron chi connectivity index (χ2n) is 5.14. The van der Waals surface area contributed by atoms with E-state index in [9.17, 15) is 0 Å². The summed E-state index contributed by atoms with van der Waals surface area (Å²) in [6.07, 6.45) is 3.53. The lowest BCUT2D eigenvalue weighted by molar-refractivity contribution is -0.0796. The van der Waals surface area contributed by atoms with E-state index in [0.29, 0.717) is 5.92 Å². The van der Waals surface area contributed by atoms with Gasteiger partial charge in [0.1, 0.15) is 11.5 Å². The lowest BCUT2D eigenvalue weighted by atomic mass is 10.0. The van der Waals surface area contributed by atoms with Crippen molar-refractivity contribution in [2.75, 3.05) is 21.2 Å². The van der Waals surface area contributed by atoms with Crippen LogP contribution in [0.3, 0.4) is 0 Å². The van der Waals surface area contributed by atoms with Crippen LogP contribution in [0.2, 0.25) is 0 Å². The van der Waals surface area contributed by atoms with Gasteiger partial charge in [-0.2, -0.15) is 0 Å². The number of hydrogen-bond donors (Lipinski definition) is 0. The molecule has 1 unspecified atom stereocenters. The van der Waals surface area contributed by atoms with Gasteiger partial charge in [-0.1, -0.05) is 6.92 Å². The molecule has 2 rings (SSSR count). The molecule has 0 radical (unpaired) electrons. The Kier molecular flexibility index (Phi) is 3.81. The molecule has 1 aromatic carbocycles. The van der Waals surface area contributed by atoms with E-state index < -0.39 is 0 Å². The van der Waals surface area contributed by atoms with Crippen molar-refractivity contribution in [1.82, 2.24) is 4.90 Å². The Morgan fingerprint density at radius 2 is 1.72 bits per heavy atom. The first kappa shape index (κ1) is 13.2. The monoisotopic (exact) mass is 249 g/mol. The predicted octanol–water partition coefficient (Wildman–Crippen LogP) is 3.15. The third kappa shape index (κ3) is 2.46. The van der Waals surface area contributed by atoms with E-state index in [1.54, 1.807) is 7.11 Å². The third-order valence-electron chi connectivity index (χ3n) is 3.83. The molecule has 0 saturated heterocycles. The highest BCUT2D eigenvalue weighted by atomic mass is 16.5. The maximum absolute atomic E-state index is 6.31. The van der Waals surface area contributed by atoms with E-state index in [4.69, 9.17) is 9.47 Å². The number of hydrogen-bond acceptors (Lipinski definition) is 3. The Hall–Kier alpha value is -1.22. The highest BCUT2D eigenvalue weighted by molar-refractivity contribution is 5.31. The molecule has 1 aliphatic rings. The lowest BCUT2D eigenvalue weighted by Gasteiger charge is -2.39. The van der Waals surface area contributed by atoms with Gasteiger partial charge in [-0.05, 0) is 57.6 Å². The fraction of sp³-hybridized carbons (Fsp3) is 0.600. The van der Waals surface area contributed by atoms with Gasteiger partial charge in [0.05, 0.1) is 7.11 Å². The molecule has 1 aromatic rings. The number of ether oxygens (including phenoxy) is 2. The fourth-order valence-corrected chi connectivity index (χ4v) is 2.60. The van der Waals surface area contributed by atoms with Gasteiger partial charge in [0.25, 0.3) is 0 Å². The van der Waals surface area contributed by atoms with Crippen molar-refractivity contribution in [1.29, 1.82) is 0 Å². The van der Waals surface area contributed by atoms with Crippen molar-refractivity contribution in [2.24, 2.45) is 5.92 Å². The summed E-state index contributed by atoms with van der Waals surface area (Å²) < 4.78 is 11.5. The van der Waals surface area contributed by atoms with E-state index >= 15 is 0 Å². The average molecular weight is 249 g/mol. The van der Waals surface area contributed by atoms with Gasteiger partial charge in [0.2, 0.25) is 0 Å². The second kappa shape index (κ2) is 5.19. The summed E-state index contributed by atoms with van der Waals surface area (Å²) in [5.41, 5.74) is -0.158. The Morgan fingerprint density at radius 3 is 2.11 bits per heavy atom. The van der Waals surface area contributed by atoms with Crippen molar-refractivity contribution in [3.8, 4) is 11.5 Å². The summed E-state index contributed by atoms with van der Waals surface area (Å²) in [5, 5.41) is 0. The number of methoxy groups -OCH3 is 1. The van der Waals surface area contributed by atoms with Gasteiger partial charge in [0.15, 0.2) is 5.72 Å². The zero-order chi connectivity index (χ0) is 13.2. The number of nitrogens with zero attached hydrogens (tertiary/aromatic N) is 1. The topological polar surface area (TPSA) is 21.7 Å². The normalized spacial score (nSPS) is 18.5. The van der Waals surface area contributed by atoms with Gasteiger partial charge < -0.3 is 9.47 Å². The molecule has 3 heteroatoms. The Balaban J connectivity index is 2.17. The van der Waals surface area contributed by atoms with Crippen LogP contribution in [-0.4, -0.2) is 31.8 Å². The molecule has 100 valence electrons. The van der Waals surface area contributed by atoms with E-state index in [1.165, 1.54) is 12.8 Å². The average Bonchev–Trinajstić information content (AvgIpc) is 3.21. The molecule has 1 atom stereocenters. The van der Waals surface area contributed by atoms with Crippen molar-refractivity contribution in [3.63, 3.8) is 0 Å². The van der Waals surface area contributed by atoms with Crippen LogP contribution in [0, 0.1) is 5.92 Å². The van der Waals surface area contributed by atoms with E-state index in [1.807, 2.05) is 24.3 Å². The van der Waals surface area contributed by atoms with Crippen LogP contribution in [0.15, 0.2) is 24.3 Å². The molecule has 1 saturated carbocycles. The molecule has 0 amide bonds. The maximum atomic E-state index is 6.31. The van der Waals surface area contributed by atoms with Crippen LogP contribution < -0.4 is 9.47 Å². The molecule has 1 aliphatic carbocycles. The summed E-state index contributed by atoms with van der Waals surface area (Å²) in [6, 6.07) is 7.85. The summed E-state index contributed by atoms with van der Waals surface area (Å²) in [7, 11) is 5.88. The molecular weight excluding hydrogens is 226 g/mol. The third-order valence-corrected chi connectivity index (χ3v) is 3.83. The minimum absolute atomic E-state index is 0.158. The van der Waals surface area contributed by atoms with Crippen LogP contribution in [0.4, 0.5) is 0 Å². The number of benzene rings is 1. The fourth-order valence-electron chi connectivity index (χ4n) is 2.60. The first-order valence-electron chi connectivity index (χ1n) is 6.63. The van der Waals surface area contributed by atoms with Gasteiger partial charge in [-0.15, -0.1) is 0 Å². The minimum Gasteiger partial charge on any atom is -0.497 e. The highest BCUT2D eigenvalue weighted by Crippen LogP contribution is 2.45. The quantitative estimate of drug-likeness (QED) is 0.723. The molecular formula is C15H23NO2. The zero-order valence-corrected chi connectivity index (χ0v) is 11.8. The molecule has 0 N–H and O–H groups in total. The Labute approximate surface area is 110 Å². The van der Waals surface area contributed by atoms with Crippen LogP contribution in [0.25, 0.3) is 0 Å². The zero-order valence-electron chi connectivity index (χ0n) is 11.8. The van der Waals surface area contributed by atoms with Crippen LogP contribution >= 0.6 is 0 Å². The number of rotatable bonds is 6. The van der Waals surface area contributed by atoms with Crippen molar-refractivity contribution >= 4 is 0 Å². The summed E-state index contributed by atoms with van der Waals surface area (Å²) >= 11 is 0. The molecule has 0 aliphatic heterocycles. The summed E-state index contributed by atoms with van der Waals surface area (Å²) in [5.74, 6) is 2.43. The molecule has 0 bridgehead atoms. The minimum atomic E-state index is -0.158. The van der Waals surface area contributed by atoms with E-state index in [0.717, 1.165) is 17.9 Å². The summed E-state index contributed by atoms with van der Waals surface area (Å²) in [4.78, 5) is 2.22. The smallest absolute Gasteiger partial charge is 0.165 e. The standard InChI is InChI=1S/C15H23NO2/c1-5-15(16(2)3,12-6-7-12)18-14-10-8-13(17-4)9-11-14/h8-12H,5-7H2,1-4H3. The summed E-state index contributed by atoms with van der Waals surface area (Å²) in [6.45, 7) is 2.20. The Morgan fingerprint density at radius 1 is 1.17 bits per heavy atom. The van der Waals surface area contributed by atoms with E-state index in [2.05, 4.69) is 25.9 Å². The SMILES string of the molecule is CCC(Oc1ccc(OC)cc1)(C1CC1)N(C)C. The molecule has 18 heavy (non-hydrogen) atoms. The predicted molar refractivity (Wildman–Crippen MR) is 73.1 cm³/mol. The van der Waals surface area contributed by atoms with Gasteiger partial charge in [-0.3, -0.25) is 4.90 Å². The van der Waals surface area contributed by atoms with Crippen molar-refractivity contribution in [3.05, 3.63) is 24.3 Å². The van der Waals surface area contributed by atoms with Crippen molar-refractivity contribution < 1.29 is 9.47 Å². The molecule has 1 fully saturated rings. The molecule has 0 aromatic heterocycles. The second-order valence-corrected chi connectivity index (χ2v) is 5.14. The van der Waals surface area contributed by atoms with E-state index in [-0.39, 0.29) is 5.72 Å². The molecule has 3 nitrogen and oxygen atoms in total. The largest absolute Gasteiger partial charge is 0.497 e. The van der Waals surface area contributed by atoms with Gasteiger partial charge in [0, 0.05) is 5.92 Å².